The number of aliphatic carboxylic acids is 1. The first-order valence-electron chi connectivity index (χ1n) is 11.7. The Labute approximate surface area is 174 Å². The zero-order valence-corrected chi connectivity index (χ0v) is 18.1. The largest absolute Gasteiger partial charge is 0.481 e. The van der Waals surface area contributed by atoms with Crippen LogP contribution >= 0.6 is 0 Å². The van der Waals surface area contributed by atoms with Crippen LogP contribution in [0.5, 0.6) is 0 Å². The van der Waals surface area contributed by atoms with E-state index in [1.165, 1.54) is 0 Å². The van der Waals surface area contributed by atoms with Gasteiger partial charge in [-0.25, -0.2) is 0 Å². The van der Waals surface area contributed by atoms with Gasteiger partial charge < -0.3 is 15.3 Å². The van der Waals surface area contributed by atoms with Gasteiger partial charge in [0.25, 0.3) is 0 Å². The molecule has 164 valence electrons. The lowest BCUT2D eigenvalue weighted by atomic mass is 9.43. The van der Waals surface area contributed by atoms with Gasteiger partial charge in [0.2, 0.25) is 0 Å². The van der Waals surface area contributed by atoms with Gasteiger partial charge in [-0.2, -0.15) is 0 Å². The highest BCUT2D eigenvalue weighted by molar-refractivity contribution is 5.87. The zero-order valence-electron chi connectivity index (χ0n) is 18.1. The van der Waals surface area contributed by atoms with Gasteiger partial charge in [0.05, 0.1) is 12.2 Å². The molecule has 0 aromatic heterocycles. The number of carbonyl (C=O) groups excluding carboxylic acids is 1. The molecule has 0 bridgehead atoms. The number of hydrogen-bond donors (Lipinski definition) is 3. The van der Waals surface area contributed by atoms with Crippen molar-refractivity contribution in [3.63, 3.8) is 0 Å². The van der Waals surface area contributed by atoms with E-state index < -0.39 is 17.5 Å². The monoisotopic (exact) mass is 406 g/mol. The molecule has 0 radical (unpaired) electrons. The van der Waals surface area contributed by atoms with Gasteiger partial charge in [-0.1, -0.05) is 20.8 Å². The third-order valence-corrected chi connectivity index (χ3v) is 10.1. The minimum Gasteiger partial charge on any atom is -0.481 e. The van der Waals surface area contributed by atoms with Crippen molar-refractivity contribution >= 4 is 11.8 Å². The van der Waals surface area contributed by atoms with Crippen LogP contribution in [0.2, 0.25) is 0 Å². The van der Waals surface area contributed by atoms with Crippen molar-refractivity contribution in [3.8, 4) is 0 Å². The molecule has 29 heavy (non-hydrogen) atoms. The molecule has 0 heterocycles. The van der Waals surface area contributed by atoms with Crippen molar-refractivity contribution in [1.82, 2.24) is 0 Å². The number of carboxylic acids is 1. The number of ketones is 1. The van der Waals surface area contributed by atoms with Crippen molar-refractivity contribution in [2.75, 3.05) is 0 Å². The average Bonchev–Trinajstić information content (AvgIpc) is 3.01. The summed E-state index contributed by atoms with van der Waals surface area (Å²) in [5, 5.41) is 30.5. The standard InChI is InChI=1S/C24H38O5/c1-13(4-7-21(28)29)16-5-6-17-22-18(12-20(27)24(16,17)3)23(2)9-8-15(25)10-14(23)11-19(22)26/h13-19,22,25-26H,4-12H2,1-3H3,(H,28,29)/t13?,14-,15+,16?,17?,18?,19+,22?,23-,24+/m0/s1. The van der Waals surface area contributed by atoms with Crippen LogP contribution in [0.1, 0.15) is 78.6 Å². The summed E-state index contributed by atoms with van der Waals surface area (Å²) < 4.78 is 0. The number of hydrogen-bond acceptors (Lipinski definition) is 4. The molecule has 0 aliphatic heterocycles. The highest BCUT2D eigenvalue weighted by Gasteiger charge is 2.65. The minimum atomic E-state index is -0.771. The number of fused-ring (bicyclic) bond motifs is 5. The quantitative estimate of drug-likeness (QED) is 0.662. The van der Waals surface area contributed by atoms with E-state index in [1.807, 2.05) is 0 Å². The number of Topliss-reactive ketones (excluding diaryl/α,β-unsaturated/α-hetero) is 1. The fourth-order valence-electron chi connectivity index (χ4n) is 8.41. The molecule has 4 aliphatic carbocycles. The van der Waals surface area contributed by atoms with Crippen molar-refractivity contribution in [1.29, 1.82) is 0 Å². The number of carbonyl (C=O) groups is 2. The molecule has 0 amide bonds. The summed E-state index contributed by atoms with van der Waals surface area (Å²) in [6.07, 6.45) is 5.82. The molecule has 4 rings (SSSR count). The van der Waals surface area contributed by atoms with E-state index >= 15 is 0 Å². The van der Waals surface area contributed by atoms with Crippen molar-refractivity contribution in [2.24, 2.45) is 46.3 Å². The highest BCUT2D eigenvalue weighted by Crippen LogP contribution is 2.67. The Bertz CT molecular complexity index is 676. The van der Waals surface area contributed by atoms with Gasteiger partial charge in [-0.3, -0.25) is 9.59 Å². The maximum atomic E-state index is 13.6. The molecule has 5 heteroatoms. The van der Waals surface area contributed by atoms with Gasteiger partial charge >= 0.3 is 5.97 Å². The summed E-state index contributed by atoms with van der Waals surface area (Å²) in [7, 11) is 0. The Balaban J connectivity index is 1.62. The topological polar surface area (TPSA) is 94.8 Å². The van der Waals surface area contributed by atoms with Gasteiger partial charge in [-0.15, -0.1) is 0 Å². The van der Waals surface area contributed by atoms with Crippen LogP contribution in [0.25, 0.3) is 0 Å². The Morgan fingerprint density at radius 3 is 2.55 bits per heavy atom. The van der Waals surface area contributed by atoms with Crippen molar-refractivity contribution < 1.29 is 24.9 Å². The van der Waals surface area contributed by atoms with Gasteiger partial charge in [0, 0.05) is 18.3 Å². The summed E-state index contributed by atoms with van der Waals surface area (Å²) >= 11 is 0. The minimum absolute atomic E-state index is 0.0348. The summed E-state index contributed by atoms with van der Waals surface area (Å²) in [6.45, 7) is 6.54. The smallest absolute Gasteiger partial charge is 0.303 e. The van der Waals surface area contributed by atoms with Crippen molar-refractivity contribution in [2.45, 2.75) is 90.8 Å². The van der Waals surface area contributed by atoms with Crippen LogP contribution in [0.15, 0.2) is 0 Å². The van der Waals surface area contributed by atoms with Gasteiger partial charge in [0.1, 0.15) is 5.78 Å². The third-order valence-electron chi connectivity index (χ3n) is 10.1. The molecule has 4 aliphatic rings. The van der Waals surface area contributed by atoms with E-state index in [0.29, 0.717) is 24.5 Å². The van der Waals surface area contributed by atoms with E-state index in [4.69, 9.17) is 5.11 Å². The second kappa shape index (κ2) is 7.33. The number of rotatable bonds is 4. The molecule has 0 spiro atoms. The first-order chi connectivity index (χ1) is 13.6. The van der Waals surface area contributed by atoms with E-state index in [2.05, 4.69) is 20.8 Å². The van der Waals surface area contributed by atoms with Crippen LogP contribution in [0.3, 0.4) is 0 Å². The molecule has 0 aromatic rings. The predicted octanol–water partition coefficient (Wildman–Crippen LogP) is 3.66. The molecular weight excluding hydrogens is 368 g/mol. The maximum absolute atomic E-state index is 13.6. The normalized spacial score (nSPS) is 50.4. The van der Waals surface area contributed by atoms with Crippen molar-refractivity contribution in [3.05, 3.63) is 0 Å². The Morgan fingerprint density at radius 2 is 1.86 bits per heavy atom. The maximum Gasteiger partial charge on any atom is 0.303 e. The third kappa shape index (κ3) is 3.18. The second-order valence-electron chi connectivity index (χ2n) is 11.2. The highest BCUT2D eigenvalue weighted by atomic mass is 16.4. The lowest BCUT2D eigenvalue weighted by molar-refractivity contribution is -0.181. The van der Waals surface area contributed by atoms with E-state index in [0.717, 1.165) is 38.5 Å². The predicted molar refractivity (Wildman–Crippen MR) is 109 cm³/mol. The molecule has 10 atom stereocenters. The molecular formula is C24H38O5. The van der Waals surface area contributed by atoms with E-state index in [9.17, 15) is 19.8 Å². The molecule has 5 nitrogen and oxygen atoms in total. The van der Waals surface area contributed by atoms with Crippen LogP contribution in [0, 0.1) is 46.3 Å². The molecule has 0 saturated heterocycles. The Morgan fingerprint density at radius 1 is 1.14 bits per heavy atom. The average molecular weight is 407 g/mol. The Hall–Kier alpha value is -0.940. The van der Waals surface area contributed by atoms with E-state index in [1.54, 1.807) is 0 Å². The fourth-order valence-corrected chi connectivity index (χ4v) is 8.41. The molecule has 4 fully saturated rings. The number of aliphatic hydroxyl groups is 2. The SMILES string of the molecule is CC(CCC(=O)O)C1CCC2C3C(CC(=O)[C@]12C)[C@@]1(C)CC[C@@H](O)C[C@H]1C[C@H]3O. The second-order valence-corrected chi connectivity index (χ2v) is 11.2. The first kappa shape index (κ1) is 21.3. The number of carboxylic acid groups (broad SMARTS) is 1. The zero-order chi connectivity index (χ0) is 21.1. The van der Waals surface area contributed by atoms with Gasteiger partial charge in [-0.05, 0) is 85.9 Å². The van der Waals surface area contributed by atoms with Crippen LogP contribution < -0.4 is 0 Å². The van der Waals surface area contributed by atoms with Crippen LogP contribution in [-0.2, 0) is 9.59 Å². The number of aliphatic hydroxyl groups excluding tert-OH is 2. The van der Waals surface area contributed by atoms with Crippen LogP contribution in [0.4, 0.5) is 0 Å². The summed E-state index contributed by atoms with van der Waals surface area (Å²) in [5.41, 5.74) is -0.398. The summed E-state index contributed by atoms with van der Waals surface area (Å²) in [4.78, 5) is 24.7. The summed E-state index contributed by atoms with van der Waals surface area (Å²) in [5.74, 6) is 0.855. The molecule has 3 N–H and O–H groups in total. The summed E-state index contributed by atoms with van der Waals surface area (Å²) in [6, 6.07) is 0. The lowest BCUT2D eigenvalue weighted by Crippen LogP contribution is -2.61. The molecule has 5 unspecified atom stereocenters. The van der Waals surface area contributed by atoms with Crippen LogP contribution in [-0.4, -0.2) is 39.3 Å². The van der Waals surface area contributed by atoms with E-state index in [-0.39, 0.29) is 47.5 Å². The van der Waals surface area contributed by atoms with Gasteiger partial charge in [0.15, 0.2) is 0 Å². The molecule has 0 aromatic carbocycles. The fraction of sp³-hybridized carbons (Fsp3) is 0.917. The first-order valence-corrected chi connectivity index (χ1v) is 11.7. The lowest BCUT2D eigenvalue weighted by Gasteiger charge is -2.61. The molecule has 4 saturated carbocycles. The Kier molecular flexibility index (Phi) is 5.39.